The highest BCUT2D eigenvalue weighted by Crippen LogP contribution is 2.32. The van der Waals surface area contributed by atoms with Crippen LogP contribution in [0.4, 0.5) is 10.1 Å². The maximum atomic E-state index is 13.4. The van der Waals surface area contributed by atoms with Gasteiger partial charge in [0.15, 0.2) is 0 Å². The van der Waals surface area contributed by atoms with Crippen molar-refractivity contribution in [3.63, 3.8) is 0 Å². The van der Waals surface area contributed by atoms with E-state index >= 15 is 0 Å². The summed E-state index contributed by atoms with van der Waals surface area (Å²) in [5, 5.41) is 9.35. The molecule has 0 aromatic heterocycles. The van der Waals surface area contributed by atoms with E-state index in [1.807, 2.05) is 0 Å². The lowest BCUT2D eigenvalue weighted by atomic mass is 9.91. The molecule has 2 aromatic rings. The fraction of sp³-hybridized carbons (Fsp3) is 0.133. The Balaban J connectivity index is 2.51. The Labute approximate surface area is 111 Å². The number of nitrogens with two attached hydrogens (primary N) is 1. The molecule has 2 aromatic carbocycles. The minimum absolute atomic E-state index is 0.397. The van der Waals surface area contributed by atoms with E-state index in [0.29, 0.717) is 17.0 Å². The van der Waals surface area contributed by atoms with Crippen LogP contribution in [0, 0.1) is 17.1 Å². The van der Waals surface area contributed by atoms with Crippen LogP contribution >= 0.6 is 0 Å². The lowest BCUT2D eigenvalue weighted by Gasteiger charge is -2.14. The second-order valence-corrected chi connectivity index (χ2v) is 4.12. The Kier molecular flexibility index (Phi) is 3.67. The van der Waals surface area contributed by atoms with Crippen LogP contribution in [0.25, 0.3) is 0 Å². The molecule has 0 aliphatic rings. The SMILES string of the molecule is COc1ccc(F)cc1C(C#N)c1ccc(N)cc1. The summed E-state index contributed by atoms with van der Waals surface area (Å²) in [7, 11) is 1.49. The lowest BCUT2D eigenvalue weighted by molar-refractivity contribution is 0.408. The van der Waals surface area contributed by atoms with Gasteiger partial charge in [0.1, 0.15) is 11.6 Å². The van der Waals surface area contributed by atoms with Crippen molar-refractivity contribution < 1.29 is 9.13 Å². The molecule has 0 amide bonds. The highest BCUT2D eigenvalue weighted by Gasteiger charge is 2.18. The molecule has 0 aliphatic heterocycles. The molecule has 3 nitrogen and oxygen atoms in total. The van der Waals surface area contributed by atoms with E-state index in [4.69, 9.17) is 10.5 Å². The quantitative estimate of drug-likeness (QED) is 0.858. The number of ether oxygens (including phenoxy) is 1. The van der Waals surface area contributed by atoms with E-state index in [1.165, 1.54) is 25.3 Å². The van der Waals surface area contributed by atoms with E-state index in [2.05, 4.69) is 6.07 Å². The van der Waals surface area contributed by atoms with Gasteiger partial charge >= 0.3 is 0 Å². The highest BCUT2D eigenvalue weighted by molar-refractivity contribution is 5.49. The normalized spacial score (nSPS) is 11.6. The van der Waals surface area contributed by atoms with Crippen molar-refractivity contribution in [3.05, 3.63) is 59.4 Å². The first kappa shape index (κ1) is 12.9. The molecule has 0 saturated heterocycles. The summed E-state index contributed by atoms with van der Waals surface area (Å²) in [5.41, 5.74) is 7.50. The lowest BCUT2D eigenvalue weighted by Crippen LogP contribution is -2.02. The van der Waals surface area contributed by atoms with Gasteiger partial charge < -0.3 is 10.5 Å². The van der Waals surface area contributed by atoms with Crippen molar-refractivity contribution >= 4 is 5.69 Å². The van der Waals surface area contributed by atoms with Crippen LogP contribution in [0.2, 0.25) is 0 Å². The number of nitriles is 1. The fourth-order valence-electron chi connectivity index (χ4n) is 1.94. The van der Waals surface area contributed by atoms with Crippen LogP contribution in [0.1, 0.15) is 17.0 Å². The van der Waals surface area contributed by atoms with E-state index in [9.17, 15) is 9.65 Å². The minimum atomic E-state index is -0.591. The van der Waals surface area contributed by atoms with Crippen LogP contribution in [-0.4, -0.2) is 7.11 Å². The molecular weight excluding hydrogens is 243 g/mol. The number of hydrogen-bond acceptors (Lipinski definition) is 3. The van der Waals surface area contributed by atoms with Gasteiger partial charge in [0, 0.05) is 11.3 Å². The van der Waals surface area contributed by atoms with Gasteiger partial charge in [-0.1, -0.05) is 12.1 Å². The van der Waals surface area contributed by atoms with Crippen molar-refractivity contribution in [1.29, 1.82) is 5.26 Å². The number of nitrogen functional groups attached to an aromatic ring is 1. The number of halogens is 1. The molecule has 0 radical (unpaired) electrons. The van der Waals surface area contributed by atoms with Crippen LogP contribution in [-0.2, 0) is 0 Å². The molecular formula is C15H13FN2O. The zero-order chi connectivity index (χ0) is 13.8. The van der Waals surface area contributed by atoms with Gasteiger partial charge in [-0.15, -0.1) is 0 Å². The highest BCUT2D eigenvalue weighted by atomic mass is 19.1. The predicted octanol–water partition coefficient (Wildman–Crippen LogP) is 3.07. The zero-order valence-corrected chi connectivity index (χ0v) is 10.4. The first-order valence-corrected chi connectivity index (χ1v) is 5.74. The Morgan fingerprint density at radius 3 is 2.47 bits per heavy atom. The van der Waals surface area contributed by atoms with Gasteiger partial charge in [0.25, 0.3) is 0 Å². The van der Waals surface area contributed by atoms with Crippen LogP contribution in [0.3, 0.4) is 0 Å². The van der Waals surface area contributed by atoms with Gasteiger partial charge in [0.05, 0.1) is 19.1 Å². The molecule has 0 fully saturated rings. The molecule has 0 spiro atoms. The molecule has 1 unspecified atom stereocenters. The number of rotatable bonds is 3. The summed E-state index contributed by atoms with van der Waals surface area (Å²) in [5.74, 6) is -0.498. The van der Waals surface area contributed by atoms with Gasteiger partial charge in [0.2, 0.25) is 0 Å². The number of methoxy groups -OCH3 is 1. The molecule has 0 aliphatic carbocycles. The van der Waals surface area contributed by atoms with Crippen LogP contribution in [0.5, 0.6) is 5.75 Å². The van der Waals surface area contributed by atoms with Crippen molar-refractivity contribution in [2.75, 3.05) is 12.8 Å². The summed E-state index contributed by atoms with van der Waals surface area (Å²) in [6.45, 7) is 0. The molecule has 96 valence electrons. The smallest absolute Gasteiger partial charge is 0.123 e. The van der Waals surface area contributed by atoms with E-state index in [-0.39, 0.29) is 0 Å². The first-order chi connectivity index (χ1) is 9.15. The second kappa shape index (κ2) is 5.40. The van der Waals surface area contributed by atoms with Crippen molar-refractivity contribution in [2.24, 2.45) is 0 Å². The predicted molar refractivity (Wildman–Crippen MR) is 71.3 cm³/mol. The summed E-state index contributed by atoms with van der Waals surface area (Å²) in [6.07, 6.45) is 0. The zero-order valence-electron chi connectivity index (χ0n) is 10.4. The molecule has 0 heterocycles. The van der Waals surface area contributed by atoms with Crippen LogP contribution in [0.15, 0.2) is 42.5 Å². The van der Waals surface area contributed by atoms with Crippen molar-refractivity contribution in [1.82, 2.24) is 0 Å². The third-order valence-corrected chi connectivity index (χ3v) is 2.90. The Morgan fingerprint density at radius 2 is 1.89 bits per heavy atom. The number of benzene rings is 2. The molecule has 1 atom stereocenters. The Hall–Kier alpha value is -2.54. The average molecular weight is 256 g/mol. The third-order valence-electron chi connectivity index (χ3n) is 2.90. The largest absolute Gasteiger partial charge is 0.496 e. The van der Waals surface area contributed by atoms with Gasteiger partial charge in [-0.25, -0.2) is 4.39 Å². The summed E-state index contributed by atoms with van der Waals surface area (Å²) in [6, 6.07) is 13.3. The number of anilines is 1. The van der Waals surface area contributed by atoms with Crippen molar-refractivity contribution in [3.8, 4) is 11.8 Å². The first-order valence-electron chi connectivity index (χ1n) is 5.74. The third kappa shape index (κ3) is 2.66. The van der Waals surface area contributed by atoms with Gasteiger partial charge in [-0.3, -0.25) is 0 Å². The number of hydrogen-bond donors (Lipinski definition) is 1. The molecule has 0 saturated carbocycles. The Bertz CT molecular complexity index is 617. The Morgan fingerprint density at radius 1 is 1.21 bits per heavy atom. The van der Waals surface area contributed by atoms with E-state index in [1.54, 1.807) is 24.3 Å². The number of nitrogens with zero attached hydrogens (tertiary/aromatic N) is 1. The summed E-state index contributed by atoms with van der Waals surface area (Å²) in [4.78, 5) is 0. The summed E-state index contributed by atoms with van der Waals surface area (Å²) >= 11 is 0. The average Bonchev–Trinajstić information content (AvgIpc) is 2.42. The molecule has 19 heavy (non-hydrogen) atoms. The monoisotopic (exact) mass is 256 g/mol. The molecule has 4 heteroatoms. The fourth-order valence-corrected chi connectivity index (χ4v) is 1.94. The standard InChI is InChI=1S/C15H13FN2O/c1-19-15-7-4-11(16)8-13(15)14(9-17)10-2-5-12(18)6-3-10/h2-8,14H,18H2,1H3. The van der Waals surface area contributed by atoms with Crippen molar-refractivity contribution in [2.45, 2.75) is 5.92 Å². The maximum Gasteiger partial charge on any atom is 0.123 e. The summed E-state index contributed by atoms with van der Waals surface area (Å²) < 4.78 is 18.6. The van der Waals surface area contributed by atoms with E-state index in [0.717, 1.165) is 5.56 Å². The molecule has 2 rings (SSSR count). The van der Waals surface area contributed by atoms with Gasteiger partial charge in [-0.05, 0) is 35.9 Å². The second-order valence-electron chi connectivity index (χ2n) is 4.12. The van der Waals surface area contributed by atoms with Crippen LogP contribution < -0.4 is 10.5 Å². The van der Waals surface area contributed by atoms with Gasteiger partial charge in [-0.2, -0.15) is 5.26 Å². The molecule has 2 N–H and O–H groups in total. The topological polar surface area (TPSA) is 59.0 Å². The van der Waals surface area contributed by atoms with E-state index < -0.39 is 11.7 Å². The molecule has 0 bridgehead atoms. The minimum Gasteiger partial charge on any atom is -0.496 e. The maximum absolute atomic E-state index is 13.4.